The Morgan fingerprint density at radius 1 is 1.18 bits per heavy atom. The molecule has 3 nitrogen and oxygen atoms in total. The lowest BCUT2D eigenvalue weighted by Crippen LogP contribution is -2.10. The van der Waals surface area contributed by atoms with Gasteiger partial charge in [-0.05, 0) is 37.1 Å². The van der Waals surface area contributed by atoms with Gasteiger partial charge in [0.15, 0.2) is 0 Å². The van der Waals surface area contributed by atoms with E-state index in [-0.39, 0.29) is 5.91 Å². The summed E-state index contributed by atoms with van der Waals surface area (Å²) in [5, 5.41) is 2.87. The van der Waals surface area contributed by atoms with Crippen LogP contribution in [0, 0.1) is 0 Å². The number of ether oxygens (including phenoxy) is 1. The molecule has 1 aromatic rings. The highest BCUT2D eigenvalue weighted by Gasteiger charge is 2.01. The Morgan fingerprint density at radius 3 is 2.47 bits per heavy atom. The van der Waals surface area contributed by atoms with E-state index in [0.717, 1.165) is 37.3 Å². The summed E-state index contributed by atoms with van der Waals surface area (Å²) >= 11 is 0. The lowest BCUT2D eigenvalue weighted by Gasteiger charge is -2.07. The highest BCUT2D eigenvalue weighted by atomic mass is 16.5. The van der Waals surface area contributed by atoms with Crippen molar-refractivity contribution in [3.05, 3.63) is 24.3 Å². The van der Waals surface area contributed by atoms with Crippen LogP contribution in [0.2, 0.25) is 0 Å². The van der Waals surface area contributed by atoms with Crippen molar-refractivity contribution >= 4 is 11.6 Å². The third kappa shape index (κ3) is 5.38. The van der Waals surface area contributed by atoms with Crippen LogP contribution in [0.25, 0.3) is 0 Å². The Labute approximate surface area is 103 Å². The van der Waals surface area contributed by atoms with Gasteiger partial charge in [0.05, 0.1) is 6.61 Å². The van der Waals surface area contributed by atoms with Crippen LogP contribution in [-0.2, 0) is 4.79 Å². The molecule has 0 saturated carbocycles. The number of hydrogen-bond acceptors (Lipinski definition) is 2. The van der Waals surface area contributed by atoms with E-state index in [0.29, 0.717) is 6.42 Å². The highest BCUT2D eigenvalue weighted by molar-refractivity contribution is 5.90. The molecule has 94 valence electrons. The van der Waals surface area contributed by atoms with Gasteiger partial charge in [0.2, 0.25) is 5.91 Å². The molecule has 0 fully saturated rings. The summed E-state index contributed by atoms with van der Waals surface area (Å²) in [4.78, 5) is 11.5. The van der Waals surface area contributed by atoms with Crippen molar-refractivity contribution < 1.29 is 9.53 Å². The van der Waals surface area contributed by atoms with Gasteiger partial charge >= 0.3 is 0 Å². The van der Waals surface area contributed by atoms with Crippen molar-refractivity contribution in [1.82, 2.24) is 0 Å². The first-order valence-electron chi connectivity index (χ1n) is 6.29. The van der Waals surface area contributed by atoms with E-state index < -0.39 is 0 Å². The van der Waals surface area contributed by atoms with Crippen molar-refractivity contribution in [2.45, 2.75) is 39.5 Å². The molecule has 1 amide bonds. The first kappa shape index (κ1) is 13.6. The van der Waals surface area contributed by atoms with Crippen LogP contribution in [0.5, 0.6) is 5.75 Å². The molecule has 0 bridgehead atoms. The Bertz CT molecular complexity index is 333. The molecule has 1 N–H and O–H groups in total. The number of nitrogens with one attached hydrogen (secondary N) is 1. The average Bonchev–Trinajstić information content (AvgIpc) is 2.35. The number of amides is 1. The smallest absolute Gasteiger partial charge is 0.224 e. The van der Waals surface area contributed by atoms with Crippen LogP contribution in [0.1, 0.15) is 39.5 Å². The van der Waals surface area contributed by atoms with Crippen molar-refractivity contribution in [1.29, 1.82) is 0 Å². The number of unbranched alkanes of at least 4 members (excludes halogenated alkanes) is 1. The summed E-state index contributed by atoms with van der Waals surface area (Å²) in [7, 11) is 0. The van der Waals surface area contributed by atoms with Crippen LogP contribution in [0.4, 0.5) is 5.69 Å². The lowest BCUT2D eigenvalue weighted by atomic mass is 10.2. The molecule has 0 radical (unpaired) electrons. The highest BCUT2D eigenvalue weighted by Crippen LogP contribution is 2.16. The first-order valence-corrected chi connectivity index (χ1v) is 6.29. The molecule has 0 aromatic heterocycles. The Morgan fingerprint density at radius 2 is 1.88 bits per heavy atom. The number of hydrogen-bond donors (Lipinski definition) is 1. The number of carbonyl (C=O) groups excluding carboxylic acids is 1. The quantitative estimate of drug-likeness (QED) is 0.784. The molecule has 0 heterocycles. The fraction of sp³-hybridized carbons (Fsp3) is 0.500. The monoisotopic (exact) mass is 235 g/mol. The number of rotatable bonds is 7. The summed E-state index contributed by atoms with van der Waals surface area (Å²) in [5.41, 5.74) is 0.829. The molecule has 1 rings (SSSR count). The SMILES string of the molecule is CCCCC(=O)Nc1ccc(OCCC)cc1. The molecule has 0 aliphatic carbocycles. The Hall–Kier alpha value is -1.51. The summed E-state index contributed by atoms with van der Waals surface area (Å²) in [6, 6.07) is 7.50. The minimum atomic E-state index is 0.0778. The number of benzene rings is 1. The van der Waals surface area contributed by atoms with Crippen molar-refractivity contribution in [3.63, 3.8) is 0 Å². The van der Waals surface area contributed by atoms with Gasteiger partial charge in [-0.2, -0.15) is 0 Å². The van der Waals surface area contributed by atoms with Crippen LogP contribution in [-0.4, -0.2) is 12.5 Å². The summed E-state index contributed by atoms with van der Waals surface area (Å²) in [6.07, 6.45) is 3.56. The second-order valence-corrected chi connectivity index (χ2v) is 4.02. The van der Waals surface area contributed by atoms with E-state index in [1.54, 1.807) is 0 Å². The first-order chi connectivity index (χ1) is 8.26. The third-order valence-electron chi connectivity index (χ3n) is 2.37. The normalized spacial score (nSPS) is 10.0. The van der Waals surface area contributed by atoms with Crippen molar-refractivity contribution in [2.75, 3.05) is 11.9 Å². The largest absolute Gasteiger partial charge is 0.494 e. The van der Waals surface area contributed by atoms with E-state index >= 15 is 0 Å². The molecule has 0 spiro atoms. The molecule has 1 aromatic carbocycles. The molecule has 17 heavy (non-hydrogen) atoms. The molecule has 0 atom stereocenters. The van der Waals surface area contributed by atoms with Gasteiger partial charge in [-0.15, -0.1) is 0 Å². The summed E-state index contributed by atoms with van der Waals surface area (Å²) in [6.45, 7) is 4.87. The Balaban J connectivity index is 2.42. The van der Waals surface area contributed by atoms with Crippen LogP contribution < -0.4 is 10.1 Å². The van der Waals surface area contributed by atoms with E-state index in [1.807, 2.05) is 24.3 Å². The second kappa shape index (κ2) is 7.71. The molecule has 0 saturated heterocycles. The molecule has 0 aliphatic rings. The average molecular weight is 235 g/mol. The van der Waals surface area contributed by atoms with E-state index in [9.17, 15) is 4.79 Å². The predicted octanol–water partition coefficient (Wildman–Crippen LogP) is 3.60. The molecule has 0 unspecified atom stereocenters. The predicted molar refractivity (Wildman–Crippen MR) is 70.4 cm³/mol. The zero-order valence-corrected chi connectivity index (χ0v) is 10.7. The maximum absolute atomic E-state index is 11.5. The minimum absolute atomic E-state index is 0.0778. The van der Waals surface area contributed by atoms with Gasteiger partial charge in [-0.25, -0.2) is 0 Å². The van der Waals surface area contributed by atoms with E-state index in [4.69, 9.17) is 4.74 Å². The maximum atomic E-state index is 11.5. The van der Waals surface area contributed by atoms with Crippen LogP contribution in [0.15, 0.2) is 24.3 Å². The fourth-order valence-electron chi connectivity index (χ4n) is 1.42. The van der Waals surface area contributed by atoms with E-state index in [1.165, 1.54) is 0 Å². The van der Waals surface area contributed by atoms with Gasteiger partial charge < -0.3 is 10.1 Å². The second-order valence-electron chi connectivity index (χ2n) is 4.02. The van der Waals surface area contributed by atoms with E-state index in [2.05, 4.69) is 19.2 Å². The summed E-state index contributed by atoms with van der Waals surface area (Å²) < 4.78 is 5.47. The van der Waals surface area contributed by atoms with Gasteiger partial charge in [0.1, 0.15) is 5.75 Å². The number of anilines is 1. The molecular weight excluding hydrogens is 214 g/mol. The van der Waals surface area contributed by atoms with Crippen LogP contribution in [0.3, 0.4) is 0 Å². The topological polar surface area (TPSA) is 38.3 Å². The zero-order valence-electron chi connectivity index (χ0n) is 10.7. The minimum Gasteiger partial charge on any atom is -0.494 e. The van der Waals surface area contributed by atoms with Gasteiger partial charge in [-0.3, -0.25) is 4.79 Å². The van der Waals surface area contributed by atoms with Crippen molar-refractivity contribution in [3.8, 4) is 5.75 Å². The molecule has 3 heteroatoms. The fourth-order valence-corrected chi connectivity index (χ4v) is 1.42. The number of carbonyl (C=O) groups is 1. The summed E-state index contributed by atoms with van der Waals surface area (Å²) in [5.74, 6) is 0.924. The van der Waals surface area contributed by atoms with Gasteiger partial charge in [0, 0.05) is 12.1 Å². The Kier molecular flexibility index (Phi) is 6.15. The van der Waals surface area contributed by atoms with Crippen molar-refractivity contribution in [2.24, 2.45) is 0 Å². The zero-order chi connectivity index (χ0) is 12.5. The molecular formula is C14H21NO2. The van der Waals surface area contributed by atoms with Gasteiger partial charge in [-0.1, -0.05) is 20.3 Å². The third-order valence-corrected chi connectivity index (χ3v) is 2.37. The maximum Gasteiger partial charge on any atom is 0.224 e. The standard InChI is InChI=1S/C14H21NO2/c1-3-5-6-14(16)15-12-7-9-13(10-8-12)17-11-4-2/h7-10H,3-6,11H2,1-2H3,(H,15,16). The van der Waals surface area contributed by atoms with Crippen LogP contribution >= 0.6 is 0 Å². The lowest BCUT2D eigenvalue weighted by molar-refractivity contribution is -0.116. The van der Waals surface area contributed by atoms with Gasteiger partial charge in [0.25, 0.3) is 0 Å². The molecule has 0 aliphatic heterocycles.